The Hall–Kier alpha value is -2.92. The van der Waals surface area contributed by atoms with Crippen LogP contribution in [0.5, 0.6) is 0 Å². The van der Waals surface area contributed by atoms with Gasteiger partial charge in [0, 0.05) is 16.8 Å². The molecule has 0 heterocycles. The molecule has 0 spiro atoms. The Morgan fingerprint density at radius 3 is 2.00 bits per heavy atom. The molecule has 0 aliphatic heterocycles. The second kappa shape index (κ2) is 7.37. The van der Waals surface area contributed by atoms with Crippen LogP contribution in [0.15, 0.2) is 71.6 Å². The first kappa shape index (κ1) is 18.9. The normalized spacial score (nSPS) is 11.2. The molecule has 0 radical (unpaired) electrons. The maximum atomic E-state index is 13.2. The summed E-state index contributed by atoms with van der Waals surface area (Å²) in [6.07, 6.45) is 0. The summed E-state index contributed by atoms with van der Waals surface area (Å²) < 4.78 is 28.4. The molecule has 0 unspecified atom stereocenters. The molecule has 27 heavy (non-hydrogen) atoms. The lowest BCUT2D eigenvalue weighted by Gasteiger charge is -2.14. The van der Waals surface area contributed by atoms with E-state index in [9.17, 15) is 13.2 Å². The van der Waals surface area contributed by atoms with Crippen LogP contribution in [0.3, 0.4) is 0 Å². The number of aryl methyl sites for hydroxylation is 3. The minimum absolute atomic E-state index is 0.0294. The lowest BCUT2D eigenvalue weighted by molar-refractivity contribution is 0.103. The Bertz CT molecular complexity index is 1080. The minimum Gasteiger partial charge on any atom is -0.289 e. The van der Waals surface area contributed by atoms with E-state index >= 15 is 0 Å². The van der Waals surface area contributed by atoms with Gasteiger partial charge in [-0.05, 0) is 56.2 Å². The number of anilines is 1. The van der Waals surface area contributed by atoms with Crippen molar-refractivity contribution in [1.82, 2.24) is 0 Å². The van der Waals surface area contributed by atoms with Crippen LogP contribution in [0.4, 0.5) is 5.69 Å². The molecule has 0 saturated carbocycles. The molecule has 0 amide bonds. The number of sulfonamides is 1. The molecule has 0 fully saturated rings. The van der Waals surface area contributed by atoms with Crippen molar-refractivity contribution in [1.29, 1.82) is 0 Å². The van der Waals surface area contributed by atoms with E-state index in [2.05, 4.69) is 4.72 Å². The fraction of sp³-hybridized carbons (Fsp3) is 0.136. The first-order valence-electron chi connectivity index (χ1n) is 8.59. The summed E-state index contributed by atoms with van der Waals surface area (Å²) in [7, 11) is -3.90. The van der Waals surface area contributed by atoms with Gasteiger partial charge < -0.3 is 0 Å². The van der Waals surface area contributed by atoms with Crippen LogP contribution >= 0.6 is 0 Å². The lowest BCUT2D eigenvalue weighted by Crippen LogP contribution is -2.18. The molecule has 0 bridgehead atoms. The van der Waals surface area contributed by atoms with Gasteiger partial charge in [-0.15, -0.1) is 0 Å². The highest BCUT2D eigenvalue weighted by molar-refractivity contribution is 7.92. The Morgan fingerprint density at radius 1 is 0.815 bits per heavy atom. The standard InChI is InChI=1S/C22H21NO3S/c1-15-13-16(2)21(17(3)14-15)22(24)19-11-7-8-12-20(19)27(25,26)23-18-9-5-4-6-10-18/h4-14,23H,1-3H3. The molecule has 3 rings (SSSR count). The van der Waals surface area contributed by atoms with Gasteiger partial charge in [-0.25, -0.2) is 8.42 Å². The van der Waals surface area contributed by atoms with E-state index in [4.69, 9.17) is 0 Å². The predicted octanol–water partition coefficient (Wildman–Crippen LogP) is 4.64. The molecule has 3 aromatic carbocycles. The minimum atomic E-state index is -3.90. The number of hydrogen-bond acceptors (Lipinski definition) is 3. The number of hydrogen-bond donors (Lipinski definition) is 1. The summed E-state index contributed by atoms with van der Waals surface area (Å²) in [6, 6.07) is 18.8. The third kappa shape index (κ3) is 3.93. The van der Waals surface area contributed by atoms with Crippen LogP contribution in [-0.4, -0.2) is 14.2 Å². The van der Waals surface area contributed by atoms with Crippen LogP contribution in [0.25, 0.3) is 0 Å². The van der Waals surface area contributed by atoms with Crippen molar-refractivity contribution in [3.05, 3.63) is 94.5 Å². The zero-order valence-electron chi connectivity index (χ0n) is 15.5. The van der Waals surface area contributed by atoms with Crippen LogP contribution < -0.4 is 4.72 Å². The molecule has 4 nitrogen and oxygen atoms in total. The second-order valence-electron chi connectivity index (χ2n) is 6.57. The number of benzene rings is 3. The van der Waals surface area contributed by atoms with E-state index in [0.717, 1.165) is 16.7 Å². The molecule has 138 valence electrons. The zero-order chi connectivity index (χ0) is 19.6. The van der Waals surface area contributed by atoms with E-state index in [1.54, 1.807) is 48.5 Å². The summed E-state index contributed by atoms with van der Waals surface area (Å²) in [5.41, 5.74) is 3.89. The molecule has 5 heteroatoms. The molecular weight excluding hydrogens is 358 g/mol. The fourth-order valence-corrected chi connectivity index (χ4v) is 4.54. The second-order valence-corrected chi connectivity index (χ2v) is 8.22. The summed E-state index contributed by atoms with van der Waals surface area (Å²) in [5, 5.41) is 0. The van der Waals surface area contributed by atoms with Crippen molar-refractivity contribution < 1.29 is 13.2 Å². The van der Waals surface area contributed by atoms with E-state index in [1.165, 1.54) is 6.07 Å². The summed E-state index contributed by atoms with van der Waals surface area (Å²) in [4.78, 5) is 13.2. The van der Waals surface area contributed by atoms with Crippen molar-refractivity contribution in [3.63, 3.8) is 0 Å². The van der Waals surface area contributed by atoms with Gasteiger partial charge in [0.2, 0.25) is 0 Å². The van der Waals surface area contributed by atoms with Crippen LogP contribution in [0, 0.1) is 20.8 Å². The van der Waals surface area contributed by atoms with E-state index in [0.29, 0.717) is 11.3 Å². The lowest BCUT2D eigenvalue weighted by atomic mass is 9.93. The third-order valence-corrected chi connectivity index (χ3v) is 5.79. The van der Waals surface area contributed by atoms with Crippen molar-refractivity contribution in [2.24, 2.45) is 0 Å². The average molecular weight is 379 g/mol. The van der Waals surface area contributed by atoms with Gasteiger partial charge in [-0.3, -0.25) is 9.52 Å². The zero-order valence-corrected chi connectivity index (χ0v) is 16.3. The van der Waals surface area contributed by atoms with Gasteiger partial charge in [0.15, 0.2) is 5.78 Å². The van der Waals surface area contributed by atoms with Crippen molar-refractivity contribution in [2.45, 2.75) is 25.7 Å². The van der Waals surface area contributed by atoms with Gasteiger partial charge >= 0.3 is 0 Å². The molecule has 0 aliphatic rings. The predicted molar refractivity (Wildman–Crippen MR) is 108 cm³/mol. The monoisotopic (exact) mass is 379 g/mol. The largest absolute Gasteiger partial charge is 0.289 e. The number of carbonyl (C=O) groups is 1. The highest BCUT2D eigenvalue weighted by Gasteiger charge is 2.24. The maximum Gasteiger partial charge on any atom is 0.262 e. The molecule has 0 saturated heterocycles. The smallest absolute Gasteiger partial charge is 0.262 e. The highest BCUT2D eigenvalue weighted by Crippen LogP contribution is 2.25. The molecule has 0 aromatic heterocycles. The summed E-state index contributed by atoms with van der Waals surface area (Å²) in [5.74, 6) is -0.293. The fourth-order valence-electron chi connectivity index (χ4n) is 3.28. The summed E-state index contributed by atoms with van der Waals surface area (Å²) in [6.45, 7) is 5.70. The first-order chi connectivity index (χ1) is 12.8. The number of ketones is 1. The molecule has 1 N–H and O–H groups in total. The molecule has 0 atom stereocenters. The number of rotatable bonds is 5. The maximum absolute atomic E-state index is 13.2. The Kier molecular flexibility index (Phi) is 5.15. The van der Waals surface area contributed by atoms with E-state index < -0.39 is 10.0 Å². The van der Waals surface area contributed by atoms with Gasteiger partial charge in [-0.1, -0.05) is 48.0 Å². The Morgan fingerprint density at radius 2 is 1.37 bits per heavy atom. The highest BCUT2D eigenvalue weighted by atomic mass is 32.2. The van der Waals surface area contributed by atoms with Gasteiger partial charge in [0.25, 0.3) is 10.0 Å². The van der Waals surface area contributed by atoms with E-state index in [1.807, 2.05) is 32.9 Å². The van der Waals surface area contributed by atoms with Gasteiger partial charge in [0.1, 0.15) is 0 Å². The topological polar surface area (TPSA) is 63.2 Å². The van der Waals surface area contributed by atoms with Crippen molar-refractivity contribution in [3.8, 4) is 0 Å². The third-order valence-electron chi connectivity index (χ3n) is 4.35. The van der Waals surface area contributed by atoms with Crippen LogP contribution in [0.2, 0.25) is 0 Å². The quantitative estimate of drug-likeness (QED) is 0.657. The average Bonchev–Trinajstić information content (AvgIpc) is 2.61. The van der Waals surface area contributed by atoms with Crippen molar-refractivity contribution in [2.75, 3.05) is 4.72 Å². The van der Waals surface area contributed by atoms with Crippen molar-refractivity contribution >= 4 is 21.5 Å². The summed E-state index contributed by atoms with van der Waals surface area (Å²) >= 11 is 0. The number of nitrogens with one attached hydrogen (secondary N) is 1. The first-order valence-corrected chi connectivity index (χ1v) is 10.1. The Labute approximate surface area is 159 Å². The van der Waals surface area contributed by atoms with E-state index in [-0.39, 0.29) is 16.2 Å². The Balaban J connectivity index is 2.08. The SMILES string of the molecule is Cc1cc(C)c(C(=O)c2ccccc2S(=O)(=O)Nc2ccccc2)c(C)c1. The molecular formula is C22H21NO3S. The number of carbonyl (C=O) groups excluding carboxylic acids is 1. The molecule has 0 aliphatic carbocycles. The molecule has 3 aromatic rings. The van der Waals surface area contributed by atoms with Gasteiger partial charge in [-0.2, -0.15) is 0 Å². The van der Waals surface area contributed by atoms with Crippen LogP contribution in [0.1, 0.15) is 32.6 Å². The van der Waals surface area contributed by atoms with Crippen LogP contribution in [-0.2, 0) is 10.0 Å². The number of para-hydroxylation sites is 1. The van der Waals surface area contributed by atoms with Gasteiger partial charge in [0.05, 0.1) is 4.90 Å².